The fourth-order valence-corrected chi connectivity index (χ4v) is 3.65. The van der Waals surface area contributed by atoms with Gasteiger partial charge in [-0.15, -0.1) is 0 Å². The quantitative estimate of drug-likeness (QED) is 0.665. The molecule has 1 atom stereocenters. The molecule has 1 N–H and O–H groups in total. The summed E-state index contributed by atoms with van der Waals surface area (Å²) in [5.74, 6) is 0.582. The maximum absolute atomic E-state index is 12.5. The molecule has 0 radical (unpaired) electrons. The highest BCUT2D eigenvalue weighted by atomic mass is 32.2. The molecule has 0 bridgehead atoms. The molecule has 1 amide bonds. The number of hydrogen-bond donors (Lipinski definition) is 1. The maximum Gasteiger partial charge on any atom is 0.251 e. The molecule has 126 valence electrons. The van der Waals surface area contributed by atoms with Gasteiger partial charge >= 0.3 is 0 Å². The molecular formula is C16H19N5O2S. The first-order chi connectivity index (χ1) is 11.6. The highest BCUT2D eigenvalue weighted by molar-refractivity contribution is 7.99. The third-order valence-electron chi connectivity index (χ3n) is 3.98. The average molecular weight is 345 g/mol. The number of hydrogen-bond acceptors (Lipinski definition) is 6. The van der Waals surface area contributed by atoms with E-state index in [9.17, 15) is 9.59 Å². The van der Waals surface area contributed by atoms with E-state index < -0.39 is 0 Å². The van der Waals surface area contributed by atoms with Gasteiger partial charge in [0.15, 0.2) is 5.16 Å². The molecule has 0 unspecified atom stereocenters. The summed E-state index contributed by atoms with van der Waals surface area (Å²) in [6.45, 7) is 3.20. The van der Waals surface area contributed by atoms with Gasteiger partial charge in [-0.25, -0.2) is 15.0 Å². The van der Waals surface area contributed by atoms with Gasteiger partial charge in [0, 0.05) is 42.7 Å². The second-order valence-corrected chi connectivity index (χ2v) is 6.76. The molecule has 1 saturated heterocycles. The number of amides is 1. The Morgan fingerprint density at radius 1 is 1.50 bits per heavy atom. The third kappa shape index (κ3) is 4.19. The largest absolute Gasteiger partial charge is 0.341 e. The fraction of sp³-hybridized carbons (Fsp3) is 0.438. The Morgan fingerprint density at radius 2 is 2.38 bits per heavy atom. The van der Waals surface area contributed by atoms with Crippen LogP contribution < -0.4 is 5.56 Å². The lowest BCUT2D eigenvalue weighted by molar-refractivity contribution is -0.129. The predicted molar refractivity (Wildman–Crippen MR) is 90.9 cm³/mol. The number of piperidine rings is 1. The molecule has 0 saturated carbocycles. The number of likely N-dealkylation sites (tertiary alicyclic amines) is 1. The molecular weight excluding hydrogens is 326 g/mol. The van der Waals surface area contributed by atoms with Gasteiger partial charge in [0.05, 0.1) is 5.75 Å². The Kier molecular flexibility index (Phi) is 5.24. The Labute approximate surface area is 143 Å². The summed E-state index contributed by atoms with van der Waals surface area (Å²) >= 11 is 1.26. The van der Waals surface area contributed by atoms with E-state index in [1.807, 2.05) is 11.0 Å². The molecule has 8 heteroatoms. The van der Waals surface area contributed by atoms with Crippen LogP contribution in [-0.2, 0) is 4.79 Å². The van der Waals surface area contributed by atoms with Gasteiger partial charge in [0.2, 0.25) is 5.91 Å². The van der Waals surface area contributed by atoms with Crippen LogP contribution >= 0.6 is 11.8 Å². The molecule has 0 aromatic carbocycles. The monoisotopic (exact) mass is 345 g/mol. The molecule has 1 aliphatic heterocycles. The van der Waals surface area contributed by atoms with E-state index in [0.29, 0.717) is 17.4 Å². The van der Waals surface area contributed by atoms with E-state index in [0.717, 1.165) is 25.1 Å². The second-order valence-electron chi connectivity index (χ2n) is 5.79. The van der Waals surface area contributed by atoms with Gasteiger partial charge < -0.3 is 9.88 Å². The van der Waals surface area contributed by atoms with Crippen molar-refractivity contribution in [3.8, 4) is 0 Å². The minimum Gasteiger partial charge on any atom is -0.341 e. The van der Waals surface area contributed by atoms with Crippen molar-refractivity contribution < 1.29 is 4.79 Å². The Hall–Kier alpha value is -2.22. The van der Waals surface area contributed by atoms with Crippen LogP contribution in [0.4, 0.5) is 0 Å². The van der Waals surface area contributed by atoms with Gasteiger partial charge in [0.1, 0.15) is 6.33 Å². The zero-order valence-electron chi connectivity index (χ0n) is 13.4. The minimum absolute atomic E-state index is 0.0583. The first-order valence-corrected chi connectivity index (χ1v) is 8.85. The molecule has 0 aliphatic carbocycles. The van der Waals surface area contributed by atoms with Crippen LogP contribution in [0.25, 0.3) is 0 Å². The highest BCUT2D eigenvalue weighted by Crippen LogP contribution is 2.25. The van der Waals surface area contributed by atoms with Gasteiger partial charge in [-0.1, -0.05) is 11.8 Å². The van der Waals surface area contributed by atoms with Crippen LogP contribution in [0.2, 0.25) is 0 Å². The van der Waals surface area contributed by atoms with Crippen molar-refractivity contribution >= 4 is 17.7 Å². The Morgan fingerprint density at radius 3 is 3.12 bits per heavy atom. The van der Waals surface area contributed by atoms with Crippen LogP contribution in [-0.4, -0.2) is 49.6 Å². The normalized spacial score (nSPS) is 17.7. The highest BCUT2D eigenvalue weighted by Gasteiger charge is 2.25. The molecule has 3 heterocycles. The van der Waals surface area contributed by atoms with E-state index in [1.54, 1.807) is 19.4 Å². The van der Waals surface area contributed by atoms with Crippen molar-refractivity contribution in [1.29, 1.82) is 0 Å². The number of nitrogens with zero attached hydrogens (tertiary/aromatic N) is 4. The van der Waals surface area contributed by atoms with E-state index >= 15 is 0 Å². The lowest BCUT2D eigenvalue weighted by Gasteiger charge is -2.32. The minimum atomic E-state index is -0.195. The van der Waals surface area contributed by atoms with E-state index in [1.165, 1.54) is 17.8 Å². The topological polar surface area (TPSA) is 91.8 Å². The standard InChI is InChI=1S/C16H19N5O2S/c1-11-7-14(22)20-16(19-11)24-9-15(23)21-6-2-3-12(8-21)13-4-5-17-10-18-13/h4-5,7,10,12H,2-3,6,8-9H2,1H3,(H,19,20,22)/t12-/m1/s1. The zero-order chi connectivity index (χ0) is 16.9. The summed E-state index contributed by atoms with van der Waals surface area (Å²) in [7, 11) is 0. The van der Waals surface area contributed by atoms with Crippen molar-refractivity contribution in [3.63, 3.8) is 0 Å². The van der Waals surface area contributed by atoms with Crippen molar-refractivity contribution in [2.24, 2.45) is 0 Å². The van der Waals surface area contributed by atoms with Crippen molar-refractivity contribution in [3.05, 3.63) is 46.4 Å². The smallest absolute Gasteiger partial charge is 0.251 e. The SMILES string of the molecule is Cc1cc(=O)[nH]c(SCC(=O)N2CCC[C@@H](c3ccncn3)C2)n1. The number of carbonyl (C=O) groups is 1. The number of H-pyrrole nitrogens is 1. The van der Waals surface area contributed by atoms with Crippen LogP contribution in [0.1, 0.15) is 30.1 Å². The first-order valence-electron chi connectivity index (χ1n) is 7.86. The van der Waals surface area contributed by atoms with E-state index in [2.05, 4.69) is 19.9 Å². The fourth-order valence-electron chi connectivity index (χ4n) is 2.83. The average Bonchev–Trinajstić information content (AvgIpc) is 2.60. The summed E-state index contributed by atoms with van der Waals surface area (Å²) in [5.41, 5.74) is 1.44. The second kappa shape index (κ2) is 7.57. The van der Waals surface area contributed by atoms with Crippen LogP contribution in [0, 0.1) is 6.92 Å². The Balaban J connectivity index is 1.59. The number of nitrogens with one attached hydrogen (secondary N) is 1. The summed E-state index contributed by atoms with van der Waals surface area (Å²) < 4.78 is 0. The predicted octanol–water partition coefficient (Wildman–Crippen LogP) is 1.37. The molecule has 24 heavy (non-hydrogen) atoms. The van der Waals surface area contributed by atoms with Gasteiger partial charge in [-0.2, -0.15) is 0 Å². The number of aromatic amines is 1. The summed E-state index contributed by atoms with van der Waals surface area (Å²) in [4.78, 5) is 40.9. The molecule has 2 aromatic rings. The number of aromatic nitrogens is 4. The lowest BCUT2D eigenvalue weighted by Crippen LogP contribution is -2.40. The molecule has 0 spiro atoms. The van der Waals surface area contributed by atoms with Gasteiger partial charge in [-0.3, -0.25) is 9.59 Å². The molecule has 3 rings (SSSR count). The van der Waals surface area contributed by atoms with Crippen LogP contribution in [0.5, 0.6) is 0 Å². The van der Waals surface area contributed by atoms with Crippen LogP contribution in [0.15, 0.2) is 34.6 Å². The number of thioether (sulfide) groups is 1. The number of carbonyl (C=O) groups excluding carboxylic acids is 1. The van der Waals surface area contributed by atoms with Gasteiger partial charge in [0.25, 0.3) is 5.56 Å². The van der Waals surface area contributed by atoms with Crippen molar-refractivity contribution in [2.75, 3.05) is 18.8 Å². The summed E-state index contributed by atoms with van der Waals surface area (Å²) in [5, 5.41) is 0.484. The van der Waals surface area contributed by atoms with E-state index in [-0.39, 0.29) is 23.1 Å². The summed E-state index contributed by atoms with van der Waals surface area (Å²) in [6, 6.07) is 3.34. The van der Waals surface area contributed by atoms with E-state index in [4.69, 9.17) is 0 Å². The summed E-state index contributed by atoms with van der Waals surface area (Å²) in [6.07, 6.45) is 5.27. The maximum atomic E-state index is 12.5. The zero-order valence-corrected chi connectivity index (χ0v) is 14.3. The molecule has 1 aliphatic rings. The first kappa shape index (κ1) is 16.6. The lowest BCUT2D eigenvalue weighted by atomic mass is 9.94. The number of rotatable bonds is 4. The Bertz CT molecular complexity index is 765. The van der Waals surface area contributed by atoms with Crippen molar-refractivity contribution in [1.82, 2.24) is 24.8 Å². The molecule has 1 fully saturated rings. The number of aryl methyl sites for hydroxylation is 1. The van der Waals surface area contributed by atoms with Crippen LogP contribution in [0.3, 0.4) is 0 Å². The molecule has 2 aromatic heterocycles. The van der Waals surface area contributed by atoms with Gasteiger partial charge in [-0.05, 0) is 25.8 Å². The third-order valence-corrected chi connectivity index (χ3v) is 4.84. The molecule has 7 nitrogen and oxygen atoms in total. The van der Waals surface area contributed by atoms with Crippen molar-refractivity contribution in [2.45, 2.75) is 30.8 Å².